The smallest absolute Gasteiger partial charge is 0.231 e. The van der Waals surface area contributed by atoms with Crippen molar-refractivity contribution < 1.29 is 9.53 Å². The maximum atomic E-state index is 12.0. The number of ether oxygens (including phenoxy) is 1. The Labute approximate surface area is 101 Å². The van der Waals surface area contributed by atoms with Crippen LogP contribution in [0.25, 0.3) is 0 Å². The fourth-order valence-electron chi connectivity index (χ4n) is 2.03. The average Bonchev–Trinajstić information content (AvgIpc) is 2.32. The average molecular weight is 234 g/mol. The normalized spacial score (nSPS) is 24.4. The Morgan fingerprint density at radius 3 is 3.00 bits per heavy atom. The molecule has 1 aliphatic rings. The van der Waals surface area contributed by atoms with E-state index in [0.717, 1.165) is 25.0 Å². The predicted molar refractivity (Wildman–Crippen MR) is 65.7 cm³/mol. The molecule has 92 valence electrons. The maximum absolute atomic E-state index is 12.0. The molecule has 1 amide bonds. The molecule has 2 heterocycles. The third-order valence-electron chi connectivity index (χ3n) is 3.11. The molecule has 0 aliphatic carbocycles. The van der Waals surface area contributed by atoms with Crippen molar-refractivity contribution in [3.63, 3.8) is 0 Å². The van der Waals surface area contributed by atoms with Crippen molar-refractivity contribution in [2.45, 2.75) is 32.8 Å². The molecular weight excluding hydrogens is 216 g/mol. The molecule has 2 atom stereocenters. The van der Waals surface area contributed by atoms with Gasteiger partial charge < -0.3 is 10.1 Å². The summed E-state index contributed by atoms with van der Waals surface area (Å²) in [5.41, 5.74) is 1.08. The van der Waals surface area contributed by atoms with Crippen LogP contribution in [0, 0.1) is 12.8 Å². The van der Waals surface area contributed by atoms with E-state index in [9.17, 15) is 4.79 Å². The zero-order chi connectivity index (χ0) is 12.3. The van der Waals surface area contributed by atoms with Crippen molar-refractivity contribution in [2.24, 2.45) is 5.92 Å². The third kappa shape index (κ3) is 3.03. The van der Waals surface area contributed by atoms with Gasteiger partial charge in [-0.05, 0) is 38.3 Å². The molecule has 1 saturated heterocycles. The largest absolute Gasteiger partial charge is 0.378 e. The van der Waals surface area contributed by atoms with Gasteiger partial charge >= 0.3 is 0 Å². The number of nitrogens with zero attached hydrogens (tertiary/aromatic N) is 1. The Bertz CT molecular complexity index is 389. The van der Waals surface area contributed by atoms with Crippen LogP contribution < -0.4 is 5.32 Å². The molecular formula is C13H18N2O2. The summed E-state index contributed by atoms with van der Waals surface area (Å²) in [6, 6.07) is 3.75. The van der Waals surface area contributed by atoms with E-state index in [1.165, 1.54) is 0 Å². The van der Waals surface area contributed by atoms with Crippen molar-refractivity contribution in [3.05, 3.63) is 23.9 Å². The number of aromatic nitrogens is 1. The molecule has 0 saturated carbocycles. The summed E-state index contributed by atoms with van der Waals surface area (Å²) in [5, 5.41) is 2.84. The summed E-state index contributed by atoms with van der Waals surface area (Å²) in [7, 11) is 0. The highest BCUT2D eigenvalue weighted by molar-refractivity contribution is 5.92. The molecule has 1 fully saturated rings. The summed E-state index contributed by atoms with van der Waals surface area (Å²) in [6.45, 7) is 4.68. The van der Waals surface area contributed by atoms with Gasteiger partial charge in [-0.1, -0.05) is 6.07 Å². The first-order chi connectivity index (χ1) is 8.16. The minimum atomic E-state index is -0.0631. The number of hydrogen-bond acceptors (Lipinski definition) is 3. The zero-order valence-corrected chi connectivity index (χ0v) is 10.3. The molecule has 2 unspecified atom stereocenters. The van der Waals surface area contributed by atoms with Crippen molar-refractivity contribution in [1.29, 1.82) is 0 Å². The first kappa shape index (κ1) is 12.0. The van der Waals surface area contributed by atoms with Gasteiger partial charge in [0.15, 0.2) is 0 Å². The number of anilines is 1. The van der Waals surface area contributed by atoms with Gasteiger partial charge in [0.05, 0.1) is 12.0 Å². The van der Waals surface area contributed by atoms with Gasteiger partial charge in [0.2, 0.25) is 5.91 Å². The molecule has 4 heteroatoms. The van der Waals surface area contributed by atoms with E-state index in [1.54, 1.807) is 6.20 Å². The molecule has 2 rings (SSSR count). The molecule has 0 aromatic carbocycles. The summed E-state index contributed by atoms with van der Waals surface area (Å²) in [4.78, 5) is 16.2. The summed E-state index contributed by atoms with van der Waals surface area (Å²) >= 11 is 0. The van der Waals surface area contributed by atoms with Gasteiger partial charge in [-0.3, -0.25) is 4.79 Å². The second kappa shape index (κ2) is 5.27. The van der Waals surface area contributed by atoms with Crippen LogP contribution in [0.1, 0.15) is 25.3 Å². The summed E-state index contributed by atoms with van der Waals surface area (Å²) in [5.74, 6) is 0.554. The molecule has 4 nitrogen and oxygen atoms in total. The Hall–Kier alpha value is -1.42. The number of carbonyl (C=O) groups excluding carboxylic acids is 1. The Morgan fingerprint density at radius 2 is 2.35 bits per heavy atom. The van der Waals surface area contributed by atoms with Gasteiger partial charge in [-0.15, -0.1) is 0 Å². The highest BCUT2D eigenvalue weighted by atomic mass is 16.5. The molecule has 0 bridgehead atoms. The van der Waals surface area contributed by atoms with Gasteiger partial charge in [0.25, 0.3) is 0 Å². The number of pyridine rings is 1. The Kier molecular flexibility index (Phi) is 3.74. The molecule has 0 spiro atoms. The van der Waals surface area contributed by atoms with Crippen LogP contribution in [-0.4, -0.2) is 23.6 Å². The lowest BCUT2D eigenvalue weighted by Gasteiger charge is -2.27. The highest BCUT2D eigenvalue weighted by Crippen LogP contribution is 2.21. The molecule has 17 heavy (non-hydrogen) atoms. The SMILES string of the molecule is Cc1ccc(NC(=O)C2CCCOC2C)nc1. The summed E-state index contributed by atoms with van der Waals surface area (Å²) < 4.78 is 5.49. The summed E-state index contributed by atoms with van der Waals surface area (Å²) in [6.07, 6.45) is 3.58. The van der Waals surface area contributed by atoms with Crippen molar-refractivity contribution >= 4 is 11.7 Å². The van der Waals surface area contributed by atoms with Gasteiger partial charge in [-0.2, -0.15) is 0 Å². The third-order valence-corrected chi connectivity index (χ3v) is 3.11. The second-order valence-corrected chi connectivity index (χ2v) is 4.53. The fraction of sp³-hybridized carbons (Fsp3) is 0.538. The fourth-order valence-corrected chi connectivity index (χ4v) is 2.03. The van der Waals surface area contributed by atoms with E-state index in [0.29, 0.717) is 5.82 Å². The monoisotopic (exact) mass is 234 g/mol. The quantitative estimate of drug-likeness (QED) is 0.853. The number of amides is 1. The van der Waals surface area contributed by atoms with E-state index in [-0.39, 0.29) is 17.9 Å². The minimum Gasteiger partial charge on any atom is -0.378 e. The van der Waals surface area contributed by atoms with E-state index >= 15 is 0 Å². The standard InChI is InChI=1S/C13H18N2O2/c1-9-5-6-12(14-8-9)15-13(16)11-4-3-7-17-10(11)2/h5-6,8,10-11H,3-4,7H2,1-2H3,(H,14,15,16). The van der Waals surface area contributed by atoms with E-state index in [2.05, 4.69) is 10.3 Å². The van der Waals surface area contributed by atoms with Crippen LogP contribution in [0.5, 0.6) is 0 Å². The predicted octanol–water partition coefficient (Wildman–Crippen LogP) is 2.14. The number of carbonyl (C=O) groups is 1. The van der Waals surface area contributed by atoms with E-state index < -0.39 is 0 Å². The van der Waals surface area contributed by atoms with Crippen molar-refractivity contribution in [2.75, 3.05) is 11.9 Å². The van der Waals surface area contributed by atoms with Crippen LogP contribution in [0.2, 0.25) is 0 Å². The first-order valence-electron chi connectivity index (χ1n) is 6.02. The van der Waals surface area contributed by atoms with Crippen LogP contribution in [0.4, 0.5) is 5.82 Å². The van der Waals surface area contributed by atoms with Crippen LogP contribution >= 0.6 is 0 Å². The Balaban J connectivity index is 1.98. The van der Waals surface area contributed by atoms with Crippen molar-refractivity contribution in [1.82, 2.24) is 4.98 Å². The first-order valence-corrected chi connectivity index (χ1v) is 6.02. The lowest BCUT2D eigenvalue weighted by atomic mass is 9.94. The van der Waals surface area contributed by atoms with Gasteiger partial charge in [-0.25, -0.2) is 4.98 Å². The molecule has 1 N–H and O–H groups in total. The molecule has 1 aromatic heterocycles. The number of nitrogens with one attached hydrogen (secondary N) is 1. The van der Waals surface area contributed by atoms with Crippen molar-refractivity contribution in [3.8, 4) is 0 Å². The van der Waals surface area contributed by atoms with Crippen LogP contribution in [0.15, 0.2) is 18.3 Å². The Morgan fingerprint density at radius 1 is 1.53 bits per heavy atom. The lowest BCUT2D eigenvalue weighted by molar-refractivity contribution is -0.127. The maximum Gasteiger partial charge on any atom is 0.231 e. The second-order valence-electron chi connectivity index (χ2n) is 4.53. The highest BCUT2D eigenvalue weighted by Gasteiger charge is 2.28. The van der Waals surface area contributed by atoms with Crippen LogP contribution in [0.3, 0.4) is 0 Å². The molecule has 1 aliphatic heterocycles. The minimum absolute atomic E-state index is 0.00537. The van der Waals surface area contributed by atoms with Gasteiger partial charge in [0, 0.05) is 12.8 Å². The topological polar surface area (TPSA) is 51.2 Å². The number of aryl methyl sites for hydroxylation is 1. The lowest BCUT2D eigenvalue weighted by Crippen LogP contribution is -2.36. The number of rotatable bonds is 2. The zero-order valence-electron chi connectivity index (χ0n) is 10.3. The number of hydrogen-bond donors (Lipinski definition) is 1. The van der Waals surface area contributed by atoms with Crippen LogP contribution in [-0.2, 0) is 9.53 Å². The molecule has 0 radical (unpaired) electrons. The van der Waals surface area contributed by atoms with E-state index in [4.69, 9.17) is 4.74 Å². The van der Waals surface area contributed by atoms with Gasteiger partial charge in [0.1, 0.15) is 5.82 Å². The van der Waals surface area contributed by atoms with E-state index in [1.807, 2.05) is 26.0 Å². The molecule has 1 aromatic rings.